The second-order valence-corrected chi connectivity index (χ2v) is 4.10. The summed E-state index contributed by atoms with van der Waals surface area (Å²) in [6.07, 6.45) is 0.966. The van der Waals surface area contributed by atoms with Crippen LogP contribution in [0.3, 0.4) is 0 Å². The smallest absolute Gasteiger partial charge is 0.118 e. The summed E-state index contributed by atoms with van der Waals surface area (Å²) in [7, 11) is 0. The highest BCUT2D eigenvalue weighted by atomic mass is 32.1. The van der Waals surface area contributed by atoms with Crippen molar-refractivity contribution in [3.8, 4) is 0 Å². The Bertz CT molecular complexity index is 393. The molecule has 0 bridgehead atoms. The van der Waals surface area contributed by atoms with E-state index in [0.717, 1.165) is 21.9 Å². The van der Waals surface area contributed by atoms with E-state index < -0.39 is 6.10 Å². The highest BCUT2D eigenvalue weighted by Crippen LogP contribution is 2.26. The number of nitrogens with zero attached hydrogens (tertiary/aromatic N) is 1. The maximum Gasteiger partial charge on any atom is 0.118 e. The molecule has 0 amide bonds. The Morgan fingerprint density at radius 3 is 2.71 bits per heavy atom. The highest BCUT2D eigenvalue weighted by Gasteiger charge is 2.14. The summed E-state index contributed by atoms with van der Waals surface area (Å²) in [5, 5.41) is 9.93. The van der Waals surface area contributed by atoms with Gasteiger partial charge in [0.2, 0.25) is 0 Å². The lowest BCUT2D eigenvalue weighted by molar-refractivity contribution is 0.223. The minimum Gasteiger partial charge on any atom is -0.469 e. The Kier molecular flexibility index (Phi) is 2.39. The summed E-state index contributed by atoms with van der Waals surface area (Å²) in [6.45, 7) is 3.77. The van der Waals surface area contributed by atoms with Gasteiger partial charge in [-0.25, -0.2) is 0 Å². The summed E-state index contributed by atoms with van der Waals surface area (Å²) < 4.78 is 9.26. The molecule has 0 aliphatic heterocycles. The minimum absolute atomic E-state index is 0.612. The fourth-order valence-electron chi connectivity index (χ4n) is 1.28. The van der Waals surface area contributed by atoms with Crippen molar-refractivity contribution in [3.05, 3.63) is 40.3 Å². The lowest BCUT2D eigenvalue weighted by Gasteiger charge is -2.02. The van der Waals surface area contributed by atoms with Crippen LogP contribution in [-0.4, -0.2) is 9.48 Å². The predicted octanol–water partition coefficient (Wildman–Crippen LogP) is 2.43. The van der Waals surface area contributed by atoms with Crippen LogP contribution in [-0.2, 0) is 0 Å². The number of aliphatic hydroxyl groups is 1. The van der Waals surface area contributed by atoms with Crippen LogP contribution in [0.2, 0.25) is 0 Å². The lowest BCUT2D eigenvalue weighted by Crippen LogP contribution is -1.94. The molecule has 0 aliphatic rings. The van der Waals surface area contributed by atoms with Crippen LogP contribution >= 0.6 is 11.5 Å². The van der Waals surface area contributed by atoms with E-state index in [-0.39, 0.29) is 0 Å². The average molecular weight is 209 g/mol. The average Bonchev–Trinajstić information content (AvgIpc) is 2.73. The van der Waals surface area contributed by atoms with Gasteiger partial charge < -0.3 is 9.52 Å². The predicted molar refractivity (Wildman–Crippen MR) is 54.4 cm³/mol. The Labute approximate surface area is 86.2 Å². The second-order valence-electron chi connectivity index (χ2n) is 3.26. The first-order valence-corrected chi connectivity index (χ1v) is 5.10. The standard InChI is InChI=1S/C10H11NO2S/c1-6-3-9(14-11-6)10(12)8-4-7(2)13-5-8/h3-5,10,12H,1-2H3. The van der Waals surface area contributed by atoms with Crippen LogP contribution in [0.25, 0.3) is 0 Å². The molecule has 2 aromatic heterocycles. The van der Waals surface area contributed by atoms with Gasteiger partial charge in [-0.1, -0.05) is 0 Å². The van der Waals surface area contributed by atoms with E-state index in [1.165, 1.54) is 11.5 Å². The topological polar surface area (TPSA) is 46.3 Å². The quantitative estimate of drug-likeness (QED) is 0.826. The van der Waals surface area contributed by atoms with Crippen molar-refractivity contribution in [1.82, 2.24) is 4.37 Å². The Morgan fingerprint density at radius 2 is 2.21 bits per heavy atom. The summed E-state index contributed by atoms with van der Waals surface area (Å²) >= 11 is 1.32. The molecule has 0 aromatic carbocycles. The van der Waals surface area contributed by atoms with Crippen molar-refractivity contribution in [2.75, 3.05) is 0 Å². The molecule has 0 saturated heterocycles. The molecule has 1 atom stereocenters. The van der Waals surface area contributed by atoms with Gasteiger partial charge in [-0.05, 0) is 37.5 Å². The first-order chi connectivity index (χ1) is 6.66. The van der Waals surface area contributed by atoms with Crippen molar-refractivity contribution < 1.29 is 9.52 Å². The molecular formula is C10H11NO2S. The zero-order valence-corrected chi connectivity index (χ0v) is 8.84. The largest absolute Gasteiger partial charge is 0.469 e. The maximum absolute atomic E-state index is 9.93. The fraction of sp³-hybridized carbons (Fsp3) is 0.300. The number of rotatable bonds is 2. The van der Waals surface area contributed by atoms with E-state index in [1.54, 1.807) is 6.26 Å². The van der Waals surface area contributed by atoms with Crippen LogP contribution in [0, 0.1) is 13.8 Å². The molecule has 0 radical (unpaired) electrons. The molecule has 0 spiro atoms. The Balaban J connectivity index is 2.28. The molecule has 74 valence electrons. The van der Waals surface area contributed by atoms with E-state index in [2.05, 4.69) is 4.37 Å². The summed E-state index contributed by atoms with van der Waals surface area (Å²) in [5.41, 5.74) is 1.72. The molecule has 14 heavy (non-hydrogen) atoms. The molecule has 1 unspecified atom stereocenters. The summed E-state index contributed by atoms with van der Waals surface area (Å²) in [4.78, 5) is 0.850. The van der Waals surface area contributed by atoms with Gasteiger partial charge in [-0.15, -0.1) is 0 Å². The Hall–Kier alpha value is -1.13. The highest BCUT2D eigenvalue weighted by molar-refractivity contribution is 7.05. The van der Waals surface area contributed by atoms with Crippen molar-refractivity contribution in [2.24, 2.45) is 0 Å². The van der Waals surface area contributed by atoms with Gasteiger partial charge in [0.1, 0.15) is 11.9 Å². The number of hydrogen-bond acceptors (Lipinski definition) is 4. The van der Waals surface area contributed by atoms with E-state index in [4.69, 9.17) is 4.42 Å². The first kappa shape index (κ1) is 9.43. The third-order valence-corrected chi connectivity index (χ3v) is 2.91. The van der Waals surface area contributed by atoms with E-state index in [9.17, 15) is 5.11 Å². The molecule has 3 nitrogen and oxygen atoms in total. The Morgan fingerprint density at radius 1 is 1.43 bits per heavy atom. The first-order valence-electron chi connectivity index (χ1n) is 4.33. The van der Waals surface area contributed by atoms with Gasteiger partial charge in [0.25, 0.3) is 0 Å². The van der Waals surface area contributed by atoms with Gasteiger partial charge in [0, 0.05) is 5.56 Å². The van der Waals surface area contributed by atoms with Gasteiger partial charge >= 0.3 is 0 Å². The molecule has 2 rings (SSSR count). The number of aliphatic hydroxyl groups excluding tert-OH is 1. The van der Waals surface area contributed by atoms with Crippen molar-refractivity contribution in [2.45, 2.75) is 20.0 Å². The summed E-state index contributed by atoms with van der Waals surface area (Å²) in [5.74, 6) is 0.806. The minimum atomic E-state index is -0.612. The van der Waals surface area contributed by atoms with Crippen LogP contribution in [0.1, 0.15) is 28.0 Å². The number of furan rings is 1. The van der Waals surface area contributed by atoms with Gasteiger partial charge in [-0.3, -0.25) is 0 Å². The van der Waals surface area contributed by atoms with E-state index in [0.29, 0.717) is 0 Å². The normalized spacial score (nSPS) is 13.1. The van der Waals surface area contributed by atoms with Crippen LogP contribution in [0.15, 0.2) is 22.8 Å². The third-order valence-electron chi connectivity index (χ3n) is 1.98. The van der Waals surface area contributed by atoms with E-state index >= 15 is 0 Å². The van der Waals surface area contributed by atoms with Gasteiger partial charge in [0.15, 0.2) is 0 Å². The fourth-order valence-corrected chi connectivity index (χ4v) is 2.04. The molecule has 2 aromatic rings. The molecule has 0 saturated carbocycles. The van der Waals surface area contributed by atoms with E-state index in [1.807, 2.05) is 26.0 Å². The molecule has 4 heteroatoms. The molecular weight excluding hydrogens is 198 g/mol. The van der Waals surface area contributed by atoms with Crippen LogP contribution < -0.4 is 0 Å². The molecule has 2 heterocycles. The van der Waals surface area contributed by atoms with Crippen LogP contribution in [0.4, 0.5) is 0 Å². The zero-order chi connectivity index (χ0) is 10.1. The lowest BCUT2D eigenvalue weighted by atomic mass is 10.1. The SMILES string of the molecule is Cc1cc(C(O)c2coc(C)c2)sn1. The number of aromatic nitrogens is 1. The van der Waals surface area contributed by atoms with Gasteiger partial charge in [-0.2, -0.15) is 4.37 Å². The molecule has 1 N–H and O–H groups in total. The van der Waals surface area contributed by atoms with Crippen molar-refractivity contribution in [3.63, 3.8) is 0 Å². The number of hydrogen-bond donors (Lipinski definition) is 1. The maximum atomic E-state index is 9.93. The van der Waals surface area contributed by atoms with Crippen LogP contribution in [0.5, 0.6) is 0 Å². The monoisotopic (exact) mass is 209 g/mol. The zero-order valence-electron chi connectivity index (χ0n) is 8.02. The van der Waals surface area contributed by atoms with Crippen molar-refractivity contribution >= 4 is 11.5 Å². The molecule has 0 fully saturated rings. The summed E-state index contributed by atoms with van der Waals surface area (Å²) in [6, 6.07) is 3.72. The second kappa shape index (κ2) is 3.55. The van der Waals surface area contributed by atoms with Crippen molar-refractivity contribution in [1.29, 1.82) is 0 Å². The number of aryl methyl sites for hydroxylation is 2. The van der Waals surface area contributed by atoms with Gasteiger partial charge in [0.05, 0.1) is 16.8 Å². The third kappa shape index (κ3) is 1.71. The molecule has 0 aliphatic carbocycles.